The highest BCUT2D eigenvalue weighted by molar-refractivity contribution is 8.01. The molecule has 1 aromatic heterocycles. The van der Waals surface area contributed by atoms with Gasteiger partial charge in [-0.15, -0.1) is 10.2 Å². The molecule has 1 rings (SSSR count). The standard InChI is InChI=1S/C17H32N2O2S2/c1-2-3-4-5-6-7-8-9-10-11-12-21-13-16(20)14-22-17-19-18-15-23-17/h15-16,20H,2-14H2,1H3. The van der Waals surface area contributed by atoms with Gasteiger partial charge in [0.1, 0.15) is 5.51 Å². The van der Waals surface area contributed by atoms with Crippen LogP contribution in [0, 0.1) is 0 Å². The van der Waals surface area contributed by atoms with Gasteiger partial charge in [-0.1, -0.05) is 87.8 Å². The summed E-state index contributed by atoms with van der Waals surface area (Å²) in [5.41, 5.74) is 1.70. The van der Waals surface area contributed by atoms with Crippen molar-refractivity contribution in [1.29, 1.82) is 0 Å². The van der Waals surface area contributed by atoms with Crippen LogP contribution < -0.4 is 0 Å². The summed E-state index contributed by atoms with van der Waals surface area (Å²) in [6.45, 7) is 3.44. The second-order valence-corrected chi connectivity index (χ2v) is 8.03. The van der Waals surface area contributed by atoms with Gasteiger partial charge in [0.05, 0.1) is 12.7 Å². The first-order chi connectivity index (χ1) is 11.3. The van der Waals surface area contributed by atoms with E-state index in [0.717, 1.165) is 17.4 Å². The molecular weight excluding hydrogens is 328 g/mol. The third-order valence-electron chi connectivity index (χ3n) is 3.69. The fraction of sp³-hybridized carbons (Fsp3) is 0.882. The van der Waals surface area contributed by atoms with Crippen LogP contribution in [0.4, 0.5) is 0 Å². The van der Waals surface area contributed by atoms with E-state index >= 15 is 0 Å². The van der Waals surface area contributed by atoms with E-state index in [1.165, 1.54) is 80.9 Å². The van der Waals surface area contributed by atoms with Crippen molar-refractivity contribution in [1.82, 2.24) is 10.2 Å². The number of aliphatic hydroxyl groups excluding tert-OH is 1. The summed E-state index contributed by atoms with van der Waals surface area (Å²) >= 11 is 3.03. The maximum atomic E-state index is 9.82. The number of nitrogens with zero attached hydrogens (tertiary/aromatic N) is 2. The summed E-state index contributed by atoms with van der Waals surface area (Å²) in [7, 11) is 0. The van der Waals surface area contributed by atoms with Crippen LogP contribution in [-0.2, 0) is 4.74 Å². The molecule has 0 saturated heterocycles. The van der Waals surface area contributed by atoms with E-state index in [9.17, 15) is 5.11 Å². The first kappa shape index (κ1) is 20.9. The Kier molecular flexibility index (Phi) is 13.9. The van der Waals surface area contributed by atoms with Crippen LogP contribution in [0.1, 0.15) is 71.1 Å². The van der Waals surface area contributed by atoms with Crippen molar-refractivity contribution < 1.29 is 9.84 Å². The molecule has 0 aliphatic rings. The first-order valence-corrected chi connectivity index (χ1v) is 10.8. The minimum absolute atomic E-state index is 0.420. The molecule has 0 aliphatic heterocycles. The number of thioether (sulfide) groups is 1. The van der Waals surface area contributed by atoms with Gasteiger partial charge in [-0.25, -0.2) is 0 Å². The second-order valence-electron chi connectivity index (χ2n) is 5.93. The van der Waals surface area contributed by atoms with Crippen LogP contribution in [0.2, 0.25) is 0 Å². The van der Waals surface area contributed by atoms with E-state index in [4.69, 9.17) is 4.74 Å². The number of unbranched alkanes of at least 4 members (excludes halogenated alkanes) is 9. The zero-order valence-corrected chi connectivity index (χ0v) is 16.0. The van der Waals surface area contributed by atoms with Crippen LogP contribution in [0.15, 0.2) is 9.85 Å². The fourth-order valence-corrected chi connectivity index (χ4v) is 3.77. The molecule has 0 aliphatic carbocycles. The number of rotatable bonds is 16. The predicted octanol–water partition coefficient (Wildman–Crippen LogP) is 4.93. The van der Waals surface area contributed by atoms with Crippen molar-refractivity contribution in [3.63, 3.8) is 0 Å². The van der Waals surface area contributed by atoms with Crippen molar-refractivity contribution in [2.45, 2.75) is 81.6 Å². The Labute approximate surface area is 149 Å². The summed E-state index contributed by atoms with van der Waals surface area (Å²) in [5.74, 6) is 0.618. The number of hydrogen-bond donors (Lipinski definition) is 1. The topological polar surface area (TPSA) is 55.2 Å². The average molecular weight is 361 g/mol. The molecule has 1 aromatic rings. The molecule has 0 aromatic carbocycles. The number of aliphatic hydroxyl groups is 1. The highest BCUT2D eigenvalue weighted by Gasteiger charge is 2.07. The predicted molar refractivity (Wildman–Crippen MR) is 99.3 cm³/mol. The summed E-state index contributed by atoms with van der Waals surface area (Å²) in [4.78, 5) is 0. The lowest BCUT2D eigenvalue weighted by Crippen LogP contribution is -2.18. The van der Waals surface area contributed by atoms with E-state index in [2.05, 4.69) is 17.1 Å². The van der Waals surface area contributed by atoms with Gasteiger partial charge in [0.2, 0.25) is 0 Å². The van der Waals surface area contributed by atoms with Gasteiger partial charge in [0.25, 0.3) is 0 Å². The monoisotopic (exact) mass is 360 g/mol. The maximum Gasteiger partial charge on any atom is 0.174 e. The summed E-state index contributed by atoms with van der Waals surface area (Å²) in [6.07, 6.45) is 12.9. The summed E-state index contributed by atoms with van der Waals surface area (Å²) in [5, 5.41) is 17.5. The van der Waals surface area contributed by atoms with E-state index in [1.807, 2.05) is 0 Å². The van der Waals surface area contributed by atoms with E-state index in [0.29, 0.717) is 12.4 Å². The molecule has 0 bridgehead atoms. The second kappa shape index (κ2) is 15.4. The third kappa shape index (κ3) is 12.9. The van der Waals surface area contributed by atoms with Gasteiger partial charge < -0.3 is 9.84 Å². The van der Waals surface area contributed by atoms with Gasteiger partial charge in [-0.3, -0.25) is 0 Å². The van der Waals surface area contributed by atoms with Crippen LogP contribution in [-0.4, -0.2) is 40.4 Å². The molecule has 0 spiro atoms. The smallest absolute Gasteiger partial charge is 0.174 e. The maximum absolute atomic E-state index is 9.82. The lowest BCUT2D eigenvalue weighted by Gasteiger charge is -2.10. The van der Waals surface area contributed by atoms with Crippen LogP contribution in [0.25, 0.3) is 0 Å². The lowest BCUT2D eigenvalue weighted by atomic mass is 10.1. The largest absolute Gasteiger partial charge is 0.390 e. The molecular formula is C17H32N2O2S2. The van der Waals surface area contributed by atoms with E-state index in [-0.39, 0.29) is 0 Å². The lowest BCUT2D eigenvalue weighted by molar-refractivity contribution is 0.0467. The molecule has 0 saturated carbocycles. The first-order valence-electron chi connectivity index (χ1n) is 8.97. The number of aromatic nitrogens is 2. The van der Waals surface area contributed by atoms with Crippen molar-refractivity contribution in [2.24, 2.45) is 0 Å². The Morgan fingerprint density at radius 3 is 2.35 bits per heavy atom. The molecule has 4 nitrogen and oxygen atoms in total. The SMILES string of the molecule is CCCCCCCCCCCCOCC(O)CSc1nncs1. The normalized spacial score (nSPS) is 12.6. The molecule has 1 unspecified atom stereocenters. The van der Waals surface area contributed by atoms with Gasteiger partial charge in [-0.05, 0) is 6.42 Å². The number of hydrogen-bond acceptors (Lipinski definition) is 6. The van der Waals surface area contributed by atoms with Crippen LogP contribution in [0.5, 0.6) is 0 Å². The van der Waals surface area contributed by atoms with Gasteiger partial charge in [0, 0.05) is 12.4 Å². The summed E-state index contributed by atoms with van der Waals surface area (Å²) in [6, 6.07) is 0. The average Bonchev–Trinajstić information content (AvgIpc) is 3.07. The highest BCUT2D eigenvalue weighted by atomic mass is 32.2. The zero-order chi connectivity index (χ0) is 16.6. The van der Waals surface area contributed by atoms with Crippen LogP contribution >= 0.6 is 23.1 Å². The molecule has 0 amide bonds. The quantitative estimate of drug-likeness (QED) is 0.335. The molecule has 6 heteroatoms. The van der Waals surface area contributed by atoms with Gasteiger partial charge >= 0.3 is 0 Å². The van der Waals surface area contributed by atoms with Crippen LogP contribution in [0.3, 0.4) is 0 Å². The Hall–Kier alpha value is -0.170. The minimum atomic E-state index is -0.424. The minimum Gasteiger partial charge on any atom is -0.390 e. The van der Waals surface area contributed by atoms with Crippen molar-refractivity contribution >= 4 is 23.1 Å². The fourth-order valence-electron chi connectivity index (χ4n) is 2.35. The Morgan fingerprint density at radius 2 is 1.74 bits per heavy atom. The Morgan fingerprint density at radius 1 is 1.09 bits per heavy atom. The molecule has 1 atom stereocenters. The molecule has 134 valence electrons. The van der Waals surface area contributed by atoms with Crippen molar-refractivity contribution in [2.75, 3.05) is 19.0 Å². The molecule has 0 fully saturated rings. The van der Waals surface area contributed by atoms with E-state index in [1.54, 1.807) is 5.51 Å². The number of ether oxygens (including phenoxy) is 1. The molecule has 0 radical (unpaired) electrons. The molecule has 1 heterocycles. The van der Waals surface area contributed by atoms with Gasteiger partial charge in [-0.2, -0.15) is 0 Å². The van der Waals surface area contributed by atoms with Gasteiger partial charge in [0.15, 0.2) is 4.34 Å². The summed E-state index contributed by atoms with van der Waals surface area (Å²) < 4.78 is 6.44. The van der Waals surface area contributed by atoms with Crippen molar-refractivity contribution in [3.8, 4) is 0 Å². The molecule has 1 N–H and O–H groups in total. The highest BCUT2D eigenvalue weighted by Crippen LogP contribution is 2.19. The van der Waals surface area contributed by atoms with E-state index < -0.39 is 6.10 Å². The van der Waals surface area contributed by atoms with Crippen molar-refractivity contribution in [3.05, 3.63) is 5.51 Å². The zero-order valence-electron chi connectivity index (χ0n) is 14.4. The molecule has 23 heavy (non-hydrogen) atoms. The Balaban J connectivity index is 1.77. The third-order valence-corrected chi connectivity index (χ3v) is 5.70. The Bertz CT molecular complexity index is 350.